The van der Waals surface area contributed by atoms with E-state index in [1.165, 1.54) is 6.07 Å². The lowest BCUT2D eigenvalue weighted by Crippen LogP contribution is -2.00. The van der Waals surface area contributed by atoms with Gasteiger partial charge in [-0.1, -0.05) is 0 Å². The molecule has 72 valence electrons. The molecule has 0 fully saturated rings. The van der Waals surface area contributed by atoms with Crippen LogP contribution in [-0.2, 0) is 0 Å². The summed E-state index contributed by atoms with van der Waals surface area (Å²) in [5.41, 5.74) is 1.03. The number of carbonyl (C=O) groups is 1. The summed E-state index contributed by atoms with van der Waals surface area (Å²) in [6.45, 7) is 1.73. The summed E-state index contributed by atoms with van der Waals surface area (Å²) in [5, 5.41) is 9.06. The summed E-state index contributed by atoms with van der Waals surface area (Å²) in [6, 6.07) is 2.82. The minimum absolute atomic E-state index is 0.291. The minimum Gasteiger partial charge on any atom is -0.478 e. The number of aromatic amines is 1. The van der Waals surface area contributed by atoms with Crippen LogP contribution in [0.3, 0.4) is 0 Å². The Bertz CT molecular complexity index is 516. The van der Waals surface area contributed by atoms with Crippen molar-refractivity contribution in [3.8, 4) is 0 Å². The molecule has 0 atom stereocenters. The number of aryl methyl sites for hydroxylation is 1. The van der Waals surface area contributed by atoms with E-state index in [0.717, 1.165) is 0 Å². The van der Waals surface area contributed by atoms with Gasteiger partial charge in [0.1, 0.15) is 5.82 Å². The normalized spacial score (nSPS) is 10.7. The Kier molecular flexibility index (Phi) is 1.77. The van der Waals surface area contributed by atoms with Crippen molar-refractivity contribution in [1.82, 2.24) is 4.98 Å². The maximum Gasteiger partial charge on any atom is 0.338 e. The number of hydrogen-bond acceptors (Lipinski definition) is 1. The lowest BCUT2D eigenvalue weighted by Gasteiger charge is -1.99. The van der Waals surface area contributed by atoms with Gasteiger partial charge >= 0.3 is 5.97 Å². The fourth-order valence-corrected chi connectivity index (χ4v) is 1.51. The molecule has 0 radical (unpaired) electrons. The molecule has 0 saturated carbocycles. The van der Waals surface area contributed by atoms with Gasteiger partial charge in [-0.15, -0.1) is 0 Å². The second-order valence-corrected chi connectivity index (χ2v) is 3.13. The Morgan fingerprint density at radius 1 is 1.50 bits per heavy atom. The smallest absolute Gasteiger partial charge is 0.338 e. The van der Waals surface area contributed by atoms with Crippen molar-refractivity contribution in [1.29, 1.82) is 0 Å². The van der Waals surface area contributed by atoms with E-state index in [4.69, 9.17) is 5.11 Å². The number of carboxylic acids is 1. The molecular weight excluding hydrogens is 185 g/mol. The summed E-state index contributed by atoms with van der Waals surface area (Å²) in [4.78, 5) is 13.5. The molecule has 0 aliphatic rings. The first-order valence-electron chi connectivity index (χ1n) is 4.10. The molecule has 0 saturated heterocycles. The maximum atomic E-state index is 13.6. The van der Waals surface area contributed by atoms with Crippen LogP contribution in [0.1, 0.15) is 15.9 Å². The largest absolute Gasteiger partial charge is 0.478 e. The van der Waals surface area contributed by atoms with E-state index in [2.05, 4.69) is 4.98 Å². The van der Waals surface area contributed by atoms with Crippen LogP contribution in [0.15, 0.2) is 18.3 Å². The molecule has 2 N–H and O–H groups in total. The molecule has 0 aliphatic heterocycles. The van der Waals surface area contributed by atoms with E-state index >= 15 is 0 Å². The Hall–Kier alpha value is -1.84. The van der Waals surface area contributed by atoms with Crippen molar-refractivity contribution >= 4 is 16.9 Å². The van der Waals surface area contributed by atoms with Crippen LogP contribution in [0.4, 0.5) is 4.39 Å². The molecule has 0 spiro atoms. The Morgan fingerprint density at radius 3 is 2.86 bits per heavy atom. The van der Waals surface area contributed by atoms with Gasteiger partial charge in [0.25, 0.3) is 0 Å². The van der Waals surface area contributed by atoms with Crippen LogP contribution in [0.5, 0.6) is 0 Å². The summed E-state index contributed by atoms with van der Waals surface area (Å²) in [7, 11) is 0. The molecule has 0 amide bonds. The SMILES string of the molecule is Cc1c[nH]c2ccc(C(=O)O)c(F)c12. The third kappa shape index (κ3) is 1.08. The summed E-state index contributed by atoms with van der Waals surface area (Å²) in [5.74, 6) is -1.92. The number of hydrogen-bond donors (Lipinski definition) is 2. The third-order valence-corrected chi connectivity index (χ3v) is 2.21. The highest BCUT2D eigenvalue weighted by molar-refractivity contribution is 5.95. The predicted octanol–water partition coefficient (Wildman–Crippen LogP) is 2.31. The number of benzene rings is 1. The minimum atomic E-state index is -1.25. The molecule has 3 nitrogen and oxygen atoms in total. The van der Waals surface area contributed by atoms with Crippen molar-refractivity contribution in [2.24, 2.45) is 0 Å². The lowest BCUT2D eigenvalue weighted by atomic mass is 10.1. The predicted molar refractivity (Wildman–Crippen MR) is 50.0 cm³/mol. The van der Waals surface area contributed by atoms with Gasteiger partial charge in [0, 0.05) is 17.1 Å². The Balaban J connectivity index is 2.86. The van der Waals surface area contributed by atoms with Crippen LogP contribution in [0, 0.1) is 12.7 Å². The van der Waals surface area contributed by atoms with Gasteiger partial charge in [-0.05, 0) is 24.6 Å². The van der Waals surface area contributed by atoms with Crippen molar-refractivity contribution < 1.29 is 14.3 Å². The zero-order chi connectivity index (χ0) is 10.3. The lowest BCUT2D eigenvalue weighted by molar-refractivity contribution is 0.0692. The first-order chi connectivity index (χ1) is 6.61. The van der Waals surface area contributed by atoms with E-state index in [1.54, 1.807) is 19.2 Å². The molecule has 4 heteroatoms. The molecule has 0 bridgehead atoms. The molecule has 0 unspecified atom stereocenters. The second kappa shape index (κ2) is 2.83. The zero-order valence-corrected chi connectivity index (χ0v) is 7.47. The fourth-order valence-electron chi connectivity index (χ4n) is 1.51. The highest BCUT2D eigenvalue weighted by Gasteiger charge is 2.15. The number of rotatable bonds is 1. The molecule has 1 aromatic carbocycles. The summed E-state index contributed by atoms with van der Waals surface area (Å²) in [6.07, 6.45) is 1.65. The second-order valence-electron chi connectivity index (χ2n) is 3.13. The molecule has 0 aliphatic carbocycles. The first kappa shape index (κ1) is 8.74. The van der Waals surface area contributed by atoms with Crippen molar-refractivity contribution in [2.45, 2.75) is 6.92 Å². The molecular formula is C10H8FNO2. The Morgan fingerprint density at radius 2 is 2.21 bits per heavy atom. The molecule has 1 aromatic heterocycles. The third-order valence-electron chi connectivity index (χ3n) is 2.21. The van der Waals surface area contributed by atoms with Crippen molar-refractivity contribution in [2.75, 3.05) is 0 Å². The number of nitrogens with one attached hydrogen (secondary N) is 1. The summed E-state index contributed by atoms with van der Waals surface area (Å²) < 4.78 is 13.6. The van der Waals surface area contributed by atoms with Crippen molar-refractivity contribution in [3.05, 3.63) is 35.3 Å². The number of H-pyrrole nitrogens is 1. The van der Waals surface area contributed by atoms with Gasteiger partial charge in [0.2, 0.25) is 0 Å². The number of aromatic nitrogens is 1. The highest BCUT2D eigenvalue weighted by Crippen LogP contribution is 2.23. The molecule has 1 heterocycles. The summed E-state index contributed by atoms with van der Waals surface area (Å²) >= 11 is 0. The first-order valence-corrected chi connectivity index (χ1v) is 4.10. The molecule has 2 rings (SSSR count). The van der Waals surface area contributed by atoms with Gasteiger partial charge in [-0.2, -0.15) is 0 Å². The van der Waals surface area contributed by atoms with E-state index in [1.807, 2.05) is 0 Å². The van der Waals surface area contributed by atoms with E-state index in [-0.39, 0.29) is 5.56 Å². The van der Waals surface area contributed by atoms with Crippen LogP contribution in [0.25, 0.3) is 10.9 Å². The molecule has 2 aromatic rings. The van der Waals surface area contributed by atoms with Gasteiger partial charge in [0.15, 0.2) is 0 Å². The fraction of sp³-hybridized carbons (Fsp3) is 0.100. The van der Waals surface area contributed by atoms with Crippen molar-refractivity contribution in [3.63, 3.8) is 0 Å². The standard InChI is InChI=1S/C10H8FNO2/c1-5-4-12-7-3-2-6(10(13)14)9(11)8(5)7/h2-4,12H,1H3,(H,13,14). The van der Waals surface area contributed by atoms with Crippen LogP contribution in [-0.4, -0.2) is 16.1 Å². The highest BCUT2D eigenvalue weighted by atomic mass is 19.1. The number of fused-ring (bicyclic) bond motifs is 1. The van der Waals surface area contributed by atoms with E-state index < -0.39 is 11.8 Å². The quantitative estimate of drug-likeness (QED) is 0.730. The average Bonchev–Trinajstić information content (AvgIpc) is 2.48. The van der Waals surface area contributed by atoms with Crippen LogP contribution < -0.4 is 0 Å². The van der Waals surface area contributed by atoms with Gasteiger partial charge in [-0.3, -0.25) is 0 Å². The number of aromatic carboxylic acids is 1. The van der Waals surface area contributed by atoms with E-state index in [0.29, 0.717) is 16.5 Å². The number of halogens is 1. The zero-order valence-electron chi connectivity index (χ0n) is 7.47. The monoisotopic (exact) mass is 193 g/mol. The average molecular weight is 193 g/mol. The van der Waals surface area contributed by atoms with Gasteiger partial charge in [0.05, 0.1) is 5.56 Å². The number of carboxylic acid groups (broad SMARTS) is 1. The van der Waals surface area contributed by atoms with Gasteiger partial charge < -0.3 is 10.1 Å². The maximum absolute atomic E-state index is 13.6. The molecule has 14 heavy (non-hydrogen) atoms. The van der Waals surface area contributed by atoms with Crippen LogP contribution >= 0.6 is 0 Å². The Labute approximate surface area is 79.2 Å². The topological polar surface area (TPSA) is 53.1 Å². The van der Waals surface area contributed by atoms with E-state index in [9.17, 15) is 9.18 Å². The van der Waals surface area contributed by atoms with Gasteiger partial charge in [-0.25, -0.2) is 9.18 Å². The van der Waals surface area contributed by atoms with Crippen LogP contribution in [0.2, 0.25) is 0 Å².